The molecule has 1 aliphatic carbocycles. The summed E-state index contributed by atoms with van der Waals surface area (Å²) in [6.07, 6.45) is 7.22. The summed E-state index contributed by atoms with van der Waals surface area (Å²) in [6.45, 7) is 0.175. The van der Waals surface area contributed by atoms with E-state index in [-0.39, 0.29) is 18.5 Å². The largest absolute Gasteiger partial charge is 0.396 e. The fourth-order valence-corrected chi connectivity index (χ4v) is 2.02. The lowest BCUT2D eigenvalue weighted by atomic mass is 10.0. The Morgan fingerprint density at radius 1 is 1.41 bits per heavy atom. The van der Waals surface area contributed by atoms with Gasteiger partial charge in [0.25, 0.3) is 0 Å². The zero-order valence-electron chi connectivity index (χ0n) is 9.50. The third kappa shape index (κ3) is 2.47. The topological polar surface area (TPSA) is 110 Å². The van der Waals surface area contributed by atoms with Crippen molar-refractivity contribution >= 4 is 17.3 Å². The van der Waals surface area contributed by atoms with Gasteiger partial charge in [-0.1, -0.05) is 12.2 Å². The second-order valence-electron chi connectivity index (χ2n) is 4.11. The minimum absolute atomic E-state index is 0.175. The van der Waals surface area contributed by atoms with Crippen molar-refractivity contribution in [1.82, 2.24) is 9.97 Å². The van der Waals surface area contributed by atoms with Crippen molar-refractivity contribution in [2.24, 2.45) is 5.92 Å². The van der Waals surface area contributed by atoms with Crippen LogP contribution in [0.1, 0.15) is 12.8 Å². The molecular weight excluding hydrogens is 218 g/mol. The maximum Gasteiger partial charge on any atom is 0.155 e. The third-order valence-corrected chi connectivity index (χ3v) is 2.99. The predicted octanol–water partition coefficient (Wildman–Crippen LogP) is 0.380. The molecule has 2 rings (SSSR count). The van der Waals surface area contributed by atoms with E-state index in [1.54, 1.807) is 0 Å². The minimum Gasteiger partial charge on any atom is -0.396 e. The van der Waals surface area contributed by atoms with Crippen LogP contribution in [-0.2, 0) is 0 Å². The number of hydrogen-bond donors (Lipinski definition) is 4. The fourth-order valence-electron chi connectivity index (χ4n) is 2.02. The summed E-state index contributed by atoms with van der Waals surface area (Å²) >= 11 is 0. The van der Waals surface area contributed by atoms with Gasteiger partial charge in [0.2, 0.25) is 0 Å². The molecule has 0 radical (unpaired) electrons. The van der Waals surface area contributed by atoms with Crippen LogP contribution in [0.2, 0.25) is 0 Å². The van der Waals surface area contributed by atoms with Crippen LogP contribution in [0.15, 0.2) is 18.5 Å². The number of aromatic nitrogens is 2. The minimum atomic E-state index is 0.175. The molecule has 6 N–H and O–H groups in total. The zero-order valence-corrected chi connectivity index (χ0v) is 9.50. The first-order valence-electron chi connectivity index (χ1n) is 5.62. The maximum absolute atomic E-state index is 8.98. The summed E-state index contributed by atoms with van der Waals surface area (Å²) in [5, 5.41) is 12.2. The summed E-state index contributed by atoms with van der Waals surface area (Å²) < 4.78 is 0. The third-order valence-electron chi connectivity index (χ3n) is 2.99. The number of anilines is 3. The Morgan fingerprint density at radius 2 is 2.24 bits per heavy atom. The Labute approximate surface area is 99.8 Å². The number of aliphatic hydroxyl groups is 1. The van der Waals surface area contributed by atoms with Crippen LogP contribution >= 0.6 is 0 Å². The van der Waals surface area contributed by atoms with Gasteiger partial charge in [0.05, 0.1) is 0 Å². The SMILES string of the molecule is Nc1ncnc(NC2CC=CC2CCO)c1N. The van der Waals surface area contributed by atoms with Crippen molar-refractivity contribution in [1.29, 1.82) is 0 Å². The Balaban J connectivity index is 2.08. The van der Waals surface area contributed by atoms with Gasteiger partial charge in [-0.2, -0.15) is 0 Å². The lowest BCUT2D eigenvalue weighted by Crippen LogP contribution is -2.26. The molecule has 0 aromatic carbocycles. The van der Waals surface area contributed by atoms with Crippen LogP contribution in [0.3, 0.4) is 0 Å². The van der Waals surface area contributed by atoms with Gasteiger partial charge in [0, 0.05) is 12.6 Å². The highest BCUT2D eigenvalue weighted by atomic mass is 16.3. The summed E-state index contributed by atoms with van der Waals surface area (Å²) in [5.41, 5.74) is 11.8. The molecule has 1 aliphatic rings. The number of nitrogens with two attached hydrogens (primary N) is 2. The number of nitrogen functional groups attached to an aromatic ring is 2. The van der Waals surface area contributed by atoms with Gasteiger partial charge in [0.1, 0.15) is 12.0 Å². The van der Waals surface area contributed by atoms with Gasteiger partial charge in [-0.25, -0.2) is 9.97 Å². The lowest BCUT2D eigenvalue weighted by molar-refractivity contribution is 0.265. The van der Waals surface area contributed by atoms with Crippen molar-refractivity contribution in [3.63, 3.8) is 0 Å². The average molecular weight is 235 g/mol. The molecule has 0 fully saturated rings. The summed E-state index contributed by atoms with van der Waals surface area (Å²) in [4.78, 5) is 7.89. The Hall–Kier alpha value is -1.82. The highest BCUT2D eigenvalue weighted by Gasteiger charge is 2.23. The summed E-state index contributed by atoms with van der Waals surface area (Å²) in [5.74, 6) is 1.15. The van der Waals surface area contributed by atoms with E-state index in [9.17, 15) is 0 Å². The van der Waals surface area contributed by atoms with Crippen molar-refractivity contribution in [3.05, 3.63) is 18.5 Å². The molecule has 17 heavy (non-hydrogen) atoms. The Kier molecular flexibility index (Phi) is 3.43. The number of nitrogens with zero attached hydrogens (tertiary/aromatic N) is 2. The van der Waals surface area contributed by atoms with Crippen LogP contribution in [-0.4, -0.2) is 27.7 Å². The van der Waals surface area contributed by atoms with E-state index in [1.807, 2.05) is 0 Å². The molecule has 6 nitrogen and oxygen atoms in total. The van der Waals surface area contributed by atoms with Gasteiger partial charge in [-0.15, -0.1) is 0 Å². The molecule has 6 heteroatoms. The maximum atomic E-state index is 8.98. The van der Waals surface area contributed by atoms with E-state index in [1.165, 1.54) is 6.33 Å². The second-order valence-corrected chi connectivity index (χ2v) is 4.11. The molecule has 2 unspecified atom stereocenters. The molecule has 0 saturated heterocycles. The van der Waals surface area contributed by atoms with E-state index in [4.69, 9.17) is 16.6 Å². The molecular formula is C11H17N5O. The molecule has 0 amide bonds. The Morgan fingerprint density at radius 3 is 3.00 bits per heavy atom. The van der Waals surface area contributed by atoms with E-state index in [0.29, 0.717) is 17.4 Å². The summed E-state index contributed by atoms with van der Waals surface area (Å²) in [6, 6.07) is 0.207. The van der Waals surface area contributed by atoms with E-state index in [2.05, 4.69) is 27.4 Å². The van der Waals surface area contributed by atoms with E-state index >= 15 is 0 Å². The molecule has 92 valence electrons. The van der Waals surface area contributed by atoms with Crippen molar-refractivity contribution in [2.45, 2.75) is 18.9 Å². The van der Waals surface area contributed by atoms with Crippen LogP contribution in [0.4, 0.5) is 17.3 Å². The van der Waals surface area contributed by atoms with Gasteiger partial charge >= 0.3 is 0 Å². The van der Waals surface area contributed by atoms with Gasteiger partial charge in [-0.05, 0) is 18.8 Å². The first-order valence-corrected chi connectivity index (χ1v) is 5.62. The highest BCUT2D eigenvalue weighted by Crippen LogP contribution is 2.27. The molecule has 0 spiro atoms. The van der Waals surface area contributed by atoms with E-state index in [0.717, 1.165) is 12.8 Å². The molecule has 0 aliphatic heterocycles. The molecule has 2 atom stereocenters. The van der Waals surface area contributed by atoms with Crippen LogP contribution in [0.25, 0.3) is 0 Å². The molecule has 1 aromatic heterocycles. The first-order chi connectivity index (χ1) is 8.22. The molecule has 1 aromatic rings. The van der Waals surface area contributed by atoms with E-state index < -0.39 is 0 Å². The smallest absolute Gasteiger partial charge is 0.155 e. The van der Waals surface area contributed by atoms with Crippen molar-refractivity contribution in [3.8, 4) is 0 Å². The van der Waals surface area contributed by atoms with Crippen molar-refractivity contribution in [2.75, 3.05) is 23.4 Å². The highest BCUT2D eigenvalue weighted by molar-refractivity contribution is 5.72. The lowest BCUT2D eigenvalue weighted by Gasteiger charge is -2.21. The number of hydrogen-bond acceptors (Lipinski definition) is 6. The Bertz CT molecular complexity index is 420. The fraction of sp³-hybridized carbons (Fsp3) is 0.455. The van der Waals surface area contributed by atoms with Crippen LogP contribution in [0.5, 0.6) is 0 Å². The number of nitrogens with one attached hydrogen (secondary N) is 1. The average Bonchev–Trinajstić information content (AvgIpc) is 2.73. The van der Waals surface area contributed by atoms with Gasteiger partial charge in [0.15, 0.2) is 11.6 Å². The molecule has 1 heterocycles. The predicted molar refractivity (Wildman–Crippen MR) is 67.2 cm³/mol. The summed E-state index contributed by atoms with van der Waals surface area (Å²) in [7, 11) is 0. The quantitative estimate of drug-likeness (QED) is 0.562. The number of aliphatic hydroxyl groups excluding tert-OH is 1. The van der Waals surface area contributed by atoms with Crippen LogP contribution < -0.4 is 16.8 Å². The molecule has 0 bridgehead atoms. The first kappa shape index (κ1) is 11.7. The number of rotatable bonds is 4. The molecule has 0 saturated carbocycles. The van der Waals surface area contributed by atoms with Gasteiger partial charge in [-0.3, -0.25) is 0 Å². The zero-order chi connectivity index (χ0) is 12.3. The second kappa shape index (κ2) is 5.01. The normalized spacial score (nSPS) is 22.9. The standard InChI is InChI=1S/C11H17N5O/c12-9-10(13)14-6-15-11(9)16-8-3-1-2-7(8)4-5-17/h1-2,6-8,17H,3-5,12H2,(H3,13,14,15,16). The monoisotopic (exact) mass is 235 g/mol. The van der Waals surface area contributed by atoms with Gasteiger partial charge < -0.3 is 21.9 Å². The van der Waals surface area contributed by atoms with Crippen LogP contribution in [0, 0.1) is 5.92 Å². The van der Waals surface area contributed by atoms with Crippen molar-refractivity contribution < 1.29 is 5.11 Å².